The van der Waals surface area contributed by atoms with Gasteiger partial charge >= 0.3 is 0 Å². The highest BCUT2D eigenvalue weighted by Crippen LogP contribution is 2.27. The van der Waals surface area contributed by atoms with Crippen LogP contribution in [0.5, 0.6) is 5.75 Å². The SMILES string of the molecule is CCOc1ccc(NCc2ccn[nH]2)cc1Cl. The third-order valence-electron chi connectivity index (χ3n) is 2.27. The molecule has 0 saturated heterocycles. The van der Waals surface area contributed by atoms with E-state index in [2.05, 4.69) is 15.5 Å². The molecule has 2 aromatic rings. The Balaban J connectivity index is 2.00. The van der Waals surface area contributed by atoms with E-state index in [9.17, 15) is 0 Å². The Labute approximate surface area is 105 Å². The Morgan fingerprint density at radius 1 is 1.41 bits per heavy atom. The van der Waals surface area contributed by atoms with Crippen molar-refractivity contribution in [3.05, 3.63) is 41.2 Å². The summed E-state index contributed by atoms with van der Waals surface area (Å²) < 4.78 is 5.37. The predicted octanol–water partition coefficient (Wildman–Crippen LogP) is 3.07. The molecule has 0 unspecified atom stereocenters. The smallest absolute Gasteiger partial charge is 0.138 e. The van der Waals surface area contributed by atoms with Crippen LogP contribution in [0.4, 0.5) is 5.69 Å². The summed E-state index contributed by atoms with van der Waals surface area (Å²) in [5.41, 5.74) is 1.98. The molecule has 0 bridgehead atoms. The first-order valence-electron chi connectivity index (χ1n) is 5.44. The van der Waals surface area contributed by atoms with Gasteiger partial charge in [-0.1, -0.05) is 11.6 Å². The first-order valence-corrected chi connectivity index (χ1v) is 5.82. The molecule has 2 N–H and O–H groups in total. The van der Waals surface area contributed by atoms with Crippen LogP contribution < -0.4 is 10.1 Å². The molecule has 0 aliphatic carbocycles. The number of hydrogen-bond donors (Lipinski definition) is 2. The lowest BCUT2D eigenvalue weighted by atomic mass is 10.3. The highest BCUT2D eigenvalue weighted by atomic mass is 35.5. The van der Waals surface area contributed by atoms with Gasteiger partial charge in [0.1, 0.15) is 5.75 Å². The second-order valence-electron chi connectivity index (χ2n) is 3.51. The van der Waals surface area contributed by atoms with Crippen molar-refractivity contribution in [3.8, 4) is 5.75 Å². The molecule has 0 spiro atoms. The molecule has 1 heterocycles. The quantitative estimate of drug-likeness (QED) is 0.859. The molecule has 0 aliphatic heterocycles. The normalized spacial score (nSPS) is 10.2. The molecule has 0 amide bonds. The van der Waals surface area contributed by atoms with Gasteiger partial charge in [-0.2, -0.15) is 5.10 Å². The fourth-order valence-electron chi connectivity index (χ4n) is 1.46. The molecule has 5 heteroatoms. The number of nitrogens with zero attached hydrogens (tertiary/aromatic N) is 1. The summed E-state index contributed by atoms with van der Waals surface area (Å²) in [5, 5.41) is 10.6. The summed E-state index contributed by atoms with van der Waals surface area (Å²) in [6, 6.07) is 7.57. The Bertz CT molecular complexity index is 471. The molecule has 17 heavy (non-hydrogen) atoms. The Morgan fingerprint density at radius 3 is 2.94 bits per heavy atom. The van der Waals surface area contributed by atoms with E-state index in [0.29, 0.717) is 23.9 Å². The van der Waals surface area contributed by atoms with Crippen LogP contribution in [-0.4, -0.2) is 16.8 Å². The minimum absolute atomic E-state index is 0.612. The van der Waals surface area contributed by atoms with Gasteiger partial charge < -0.3 is 10.1 Å². The number of ether oxygens (including phenoxy) is 1. The van der Waals surface area contributed by atoms with Gasteiger partial charge in [-0.25, -0.2) is 0 Å². The molecule has 0 radical (unpaired) electrons. The number of aromatic amines is 1. The van der Waals surface area contributed by atoms with Crippen molar-refractivity contribution in [3.63, 3.8) is 0 Å². The first kappa shape index (κ1) is 11.8. The standard InChI is InChI=1S/C12H14ClN3O/c1-2-17-12-4-3-9(7-11(12)13)14-8-10-5-6-15-16-10/h3-7,14H,2,8H2,1H3,(H,15,16). The van der Waals surface area contributed by atoms with Gasteiger partial charge in [-0.05, 0) is 31.2 Å². The molecular weight excluding hydrogens is 238 g/mol. The van der Waals surface area contributed by atoms with Crippen molar-refractivity contribution in [1.82, 2.24) is 10.2 Å². The van der Waals surface area contributed by atoms with Crippen molar-refractivity contribution in [2.24, 2.45) is 0 Å². The highest BCUT2D eigenvalue weighted by molar-refractivity contribution is 6.32. The topological polar surface area (TPSA) is 49.9 Å². The van der Waals surface area contributed by atoms with E-state index in [4.69, 9.17) is 16.3 Å². The lowest BCUT2D eigenvalue weighted by molar-refractivity contribution is 0.340. The summed E-state index contributed by atoms with van der Waals surface area (Å²) >= 11 is 6.08. The number of aromatic nitrogens is 2. The number of anilines is 1. The third kappa shape index (κ3) is 3.14. The van der Waals surface area contributed by atoms with Crippen molar-refractivity contribution in [2.75, 3.05) is 11.9 Å². The lowest BCUT2D eigenvalue weighted by Gasteiger charge is -2.09. The Hall–Kier alpha value is -1.68. The zero-order valence-electron chi connectivity index (χ0n) is 9.53. The Morgan fingerprint density at radius 2 is 2.29 bits per heavy atom. The second-order valence-corrected chi connectivity index (χ2v) is 3.92. The largest absolute Gasteiger partial charge is 0.492 e. The van der Waals surface area contributed by atoms with Crippen LogP contribution in [-0.2, 0) is 6.54 Å². The summed E-state index contributed by atoms with van der Waals surface area (Å²) in [4.78, 5) is 0. The average molecular weight is 252 g/mol. The first-order chi connectivity index (χ1) is 8.29. The maximum Gasteiger partial charge on any atom is 0.138 e. The molecule has 90 valence electrons. The fourth-order valence-corrected chi connectivity index (χ4v) is 1.70. The van der Waals surface area contributed by atoms with Gasteiger partial charge in [0, 0.05) is 11.9 Å². The molecule has 1 aromatic heterocycles. The zero-order chi connectivity index (χ0) is 12.1. The van der Waals surface area contributed by atoms with Gasteiger partial charge in [0.25, 0.3) is 0 Å². The van der Waals surface area contributed by atoms with Gasteiger partial charge in [0.2, 0.25) is 0 Å². The molecular formula is C12H14ClN3O. The molecule has 2 rings (SSSR count). The summed E-state index contributed by atoms with van der Waals surface area (Å²) in [6.45, 7) is 3.23. The van der Waals surface area contributed by atoms with Crippen molar-refractivity contribution >= 4 is 17.3 Å². The summed E-state index contributed by atoms with van der Waals surface area (Å²) in [7, 11) is 0. The van der Waals surface area contributed by atoms with E-state index < -0.39 is 0 Å². The van der Waals surface area contributed by atoms with E-state index >= 15 is 0 Å². The van der Waals surface area contributed by atoms with Crippen molar-refractivity contribution in [2.45, 2.75) is 13.5 Å². The van der Waals surface area contributed by atoms with Gasteiger partial charge in [-0.3, -0.25) is 5.10 Å². The maximum absolute atomic E-state index is 6.08. The number of H-pyrrole nitrogens is 1. The number of halogens is 1. The summed E-state index contributed by atoms with van der Waals surface area (Å²) in [6.07, 6.45) is 1.72. The molecule has 0 saturated carbocycles. The number of nitrogens with one attached hydrogen (secondary N) is 2. The monoisotopic (exact) mass is 251 g/mol. The second kappa shape index (κ2) is 5.59. The van der Waals surface area contributed by atoms with Crippen molar-refractivity contribution in [1.29, 1.82) is 0 Å². The molecule has 0 aliphatic rings. The molecule has 0 fully saturated rings. The van der Waals surface area contributed by atoms with Crippen LogP contribution in [0.25, 0.3) is 0 Å². The summed E-state index contributed by atoms with van der Waals surface area (Å²) in [5.74, 6) is 0.709. The number of hydrogen-bond acceptors (Lipinski definition) is 3. The molecule has 0 atom stereocenters. The van der Waals surface area contributed by atoms with Crippen LogP contribution in [0.2, 0.25) is 5.02 Å². The van der Waals surface area contributed by atoms with Crippen molar-refractivity contribution < 1.29 is 4.74 Å². The minimum Gasteiger partial charge on any atom is -0.492 e. The van der Waals surface area contributed by atoms with Gasteiger partial charge in [0.15, 0.2) is 0 Å². The number of benzene rings is 1. The maximum atomic E-state index is 6.08. The Kier molecular flexibility index (Phi) is 3.88. The van der Waals surface area contributed by atoms with Gasteiger partial charge in [0.05, 0.1) is 23.9 Å². The predicted molar refractivity (Wildman–Crippen MR) is 68.5 cm³/mol. The minimum atomic E-state index is 0.612. The lowest BCUT2D eigenvalue weighted by Crippen LogP contribution is -2.00. The van der Waals surface area contributed by atoms with Crippen LogP contribution in [0.15, 0.2) is 30.5 Å². The highest BCUT2D eigenvalue weighted by Gasteiger charge is 2.02. The molecule has 1 aromatic carbocycles. The van der Waals surface area contributed by atoms with Gasteiger partial charge in [-0.15, -0.1) is 0 Å². The van der Waals surface area contributed by atoms with Crippen LogP contribution in [0, 0.1) is 0 Å². The van der Waals surface area contributed by atoms with Crippen LogP contribution in [0.3, 0.4) is 0 Å². The van der Waals surface area contributed by atoms with E-state index in [1.807, 2.05) is 31.2 Å². The van der Waals surface area contributed by atoms with Crippen LogP contribution in [0.1, 0.15) is 12.6 Å². The van der Waals surface area contributed by atoms with E-state index in [-0.39, 0.29) is 0 Å². The van der Waals surface area contributed by atoms with E-state index in [1.165, 1.54) is 0 Å². The third-order valence-corrected chi connectivity index (χ3v) is 2.57. The van der Waals surface area contributed by atoms with E-state index in [0.717, 1.165) is 11.4 Å². The fraction of sp³-hybridized carbons (Fsp3) is 0.250. The van der Waals surface area contributed by atoms with Crippen LogP contribution >= 0.6 is 11.6 Å². The zero-order valence-corrected chi connectivity index (χ0v) is 10.3. The average Bonchev–Trinajstić information content (AvgIpc) is 2.83. The molecule has 4 nitrogen and oxygen atoms in total. The number of rotatable bonds is 5. The van der Waals surface area contributed by atoms with E-state index in [1.54, 1.807) is 6.20 Å².